The van der Waals surface area contributed by atoms with Gasteiger partial charge in [-0.15, -0.1) is 0 Å². The van der Waals surface area contributed by atoms with Crippen LogP contribution in [0, 0.1) is 5.82 Å². The number of carbonyl (C=O) groups excluding carboxylic acids is 1. The second kappa shape index (κ2) is 15.3. The molecule has 0 aromatic heterocycles. The Hall–Kier alpha value is -2.56. The Kier molecular flexibility index (Phi) is 12.3. The van der Waals surface area contributed by atoms with Gasteiger partial charge in [-0.25, -0.2) is 9.18 Å². The van der Waals surface area contributed by atoms with E-state index in [1.807, 2.05) is 0 Å². The lowest BCUT2D eigenvalue weighted by atomic mass is 10.1. The molecular weight excluding hydrogens is 407 g/mol. The summed E-state index contributed by atoms with van der Waals surface area (Å²) in [6.45, 7) is 5.49. The van der Waals surface area contributed by atoms with Crippen molar-refractivity contribution >= 4 is 5.97 Å². The molecule has 2 aromatic rings. The number of ether oxygens (including phenoxy) is 3. The fourth-order valence-electron chi connectivity index (χ4n) is 3.30. The smallest absolute Gasteiger partial charge is 0.343 e. The molecule has 0 aliphatic carbocycles. The number of hydrogen-bond donors (Lipinski definition) is 0. The highest BCUT2D eigenvalue weighted by Gasteiger charge is 2.12. The summed E-state index contributed by atoms with van der Waals surface area (Å²) >= 11 is 0. The molecule has 0 fully saturated rings. The van der Waals surface area contributed by atoms with Crippen LogP contribution in [0.25, 0.3) is 0 Å². The van der Waals surface area contributed by atoms with E-state index >= 15 is 0 Å². The fourth-order valence-corrected chi connectivity index (χ4v) is 3.30. The fraction of sp³-hybridized carbons (Fsp3) is 0.519. The number of hydrogen-bond acceptors (Lipinski definition) is 4. The summed E-state index contributed by atoms with van der Waals surface area (Å²) in [6, 6.07) is 11.0. The van der Waals surface area contributed by atoms with Gasteiger partial charge in [-0.05, 0) is 49.2 Å². The molecule has 0 unspecified atom stereocenters. The quantitative estimate of drug-likeness (QED) is 0.151. The van der Waals surface area contributed by atoms with E-state index in [0.717, 1.165) is 32.1 Å². The van der Waals surface area contributed by atoms with Crippen LogP contribution < -0.4 is 14.2 Å². The normalized spacial score (nSPS) is 10.7. The molecule has 0 radical (unpaired) electrons. The molecule has 0 amide bonds. The summed E-state index contributed by atoms with van der Waals surface area (Å²) < 4.78 is 30.8. The first-order valence-electron chi connectivity index (χ1n) is 12.0. The van der Waals surface area contributed by atoms with Crippen molar-refractivity contribution < 1.29 is 23.4 Å². The largest absolute Gasteiger partial charge is 0.494 e. The molecule has 2 aromatic carbocycles. The Morgan fingerprint density at radius 2 is 1.28 bits per heavy atom. The van der Waals surface area contributed by atoms with Crippen molar-refractivity contribution in [3.63, 3.8) is 0 Å². The molecule has 0 spiro atoms. The van der Waals surface area contributed by atoms with Crippen LogP contribution in [0.2, 0.25) is 0 Å². The molecule has 0 aliphatic rings. The maximum Gasteiger partial charge on any atom is 0.343 e. The minimum atomic E-state index is -0.543. The average Bonchev–Trinajstić information content (AvgIpc) is 2.80. The van der Waals surface area contributed by atoms with Gasteiger partial charge < -0.3 is 14.2 Å². The summed E-state index contributed by atoms with van der Waals surface area (Å²) in [5.74, 6) is -0.0325. The molecule has 176 valence electrons. The molecule has 0 aliphatic heterocycles. The summed E-state index contributed by atoms with van der Waals surface area (Å²) in [5.41, 5.74) is 0.380. The number of unbranched alkanes of at least 4 members (excludes halogenated alkanes) is 8. The Labute approximate surface area is 192 Å². The molecule has 0 saturated heterocycles. The van der Waals surface area contributed by atoms with Crippen LogP contribution in [0.1, 0.15) is 88.4 Å². The number of rotatable bonds is 16. The topological polar surface area (TPSA) is 44.8 Å². The van der Waals surface area contributed by atoms with Gasteiger partial charge in [-0.3, -0.25) is 0 Å². The molecule has 4 nitrogen and oxygen atoms in total. The maximum absolute atomic E-state index is 14.3. The van der Waals surface area contributed by atoms with Crippen LogP contribution >= 0.6 is 0 Å². The van der Waals surface area contributed by atoms with E-state index in [0.29, 0.717) is 24.5 Å². The van der Waals surface area contributed by atoms with Gasteiger partial charge in [0.25, 0.3) is 0 Å². The second-order valence-corrected chi connectivity index (χ2v) is 8.03. The van der Waals surface area contributed by atoms with Crippen LogP contribution in [-0.2, 0) is 0 Å². The number of halogens is 1. The number of benzene rings is 2. The lowest BCUT2D eigenvalue weighted by Crippen LogP contribution is -2.09. The molecular formula is C27H37FO4. The Morgan fingerprint density at radius 3 is 1.97 bits per heavy atom. The molecule has 0 heterocycles. The van der Waals surface area contributed by atoms with Gasteiger partial charge in [0.2, 0.25) is 0 Å². The minimum absolute atomic E-state index is 0.149. The predicted octanol–water partition coefficient (Wildman–Crippen LogP) is 7.74. The first-order valence-corrected chi connectivity index (χ1v) is 12.0. The van der Waals surface area contributed by atoms with Crippen molar-refractivity contribution in [1.29, 1.82) is 0 Å². The predicted molar refractivity (Wildman–Crippen MR) is 126 cm³/mol. The van der Waals surface area contributed by atoms with E-state index < -0.39 is 11.8 Å². The zero-order valence-electron chi connectivity index (χ0n) is 19.5. The Balaban J connectivity index is 1.74. The monoisotopic (exact) mass is 444 g/mol. The second-order valence-electron chi connectivity index (χ2n) is 8.03. The van der Waals surface area contributed by atoms with E-state index in [1.54, 1.807) is 30.3 Å². The highest BCUT2D eigenvalue weighted by atomic mass is 19.1. The van der Waals surface area contributed by atoms with Crippen molar-refractivity contribution in [3.8, 4) is 17.2 Å². The Bertz CT molecular complexity index is 789. The third kappa shape index (κ3) is 9.71. The average molecular weight is 445 g/mol. The zero-order chi connectivity index (χ0) is 23.0. The highest BCUT2D eigenvalue weighted by Crippen LogP contribution is 2.24. The molecule has 32 heavy (non-hydrogen) atoms. The highest BCUT2D eigenvalue weighted by molar-refractivity contribution is 5.91. The molecule has 5 heteroatoms. The first kappa shape index (κ1) is 25.7. The van der Waals surface area contributed by atoms with Gasteiger partial charge in [0.15, 0.2) is 11.6 Å². The van der Waals surface area contributed by atoms with Gasteiger partial charge in [0.05, 0.1) is 18.8 Å². The van der Waals surface area contributed by atoms with Crippen LogP contribution in [0.15, 0.2) is 42.5 Å². The van der Waals surface area contributed by atoms with Crippen molar-refractivity contribution in [1.82, 2.24) is 0 Å². The van der Waals surface area contributed by atoms with Crippen molar-refractivity contribution in [3.05, 3.63) is 53.8 Å². The lowest BCUT2D eigenvalue weighted by molar-refractivity contribution is 0.0734. The molecule has 0 N–H and O–H groups in total. The van der Waals surface area contributed by atoms with Crippen molar-refractivity contribution in [2.24, 2.45) is 0 Å². The van der Waals surface area contributed by atoms with Gasteiger partial charge in [-0.2, -0.15) is 0 Å². The molecule has 0 bridgehead atoms. The third-order valence-corrected chi connectivity index (χ3v) is 5.23. The summed E-state index contributed by atoms with van der Waals surface area (Å²) in [4.78, 5) is 12.3. The van der Waals surface area contributed by atoms with Crippen LogP contribution in [-0.4, -0.2) is 19.2 Å². The van der Waals surface area contributed by atoms with Crippen LogP contribution in [0.4, 0.5) is 4.39 Å². The van der Waals surface area contributed by atoms with E-state index in [9.17, 15) is 9.18 Å². The standard InChI is InChI=1S/C27H37FO4/c1-3-5-7-8-9-10-12-20-31-26-18-17-24(21-25(26)28)32-27(29)22-13-15-23(16-14-22)30-19-11-6-4-2/h13-18,21H,3-12,19-20H2,1-2H3. The van der Waals surface area contributed by atoms with E-state index in [-0.39, 0.29) is 11.5 Å². The van der Waals surface area contributed by atoms with Gasteiger partial charge in [0.1, 0.15) is 11.5 Å². The molecule has 0 atom stereocenters. The zero-order valence-corrected chi connectivity index (χ0v) is 19.5. The summed E-state index contributed by atoms with van der Waals surface area (Å²) in [5, 5.41) is 0. The third-order valence-electron chi connectivity index (χ3n) is 5.23. The van der Waals surface area contributed by atoms with Crippen molar-refractivity contribution in [2.75, 3.05) is 13.2 Å². The number of esters is 1. The van der Waals surface area contributed by atoms with E-state index in [4.69, 9.17) is 14.2 Å². The lowest BCUT2D eigenvalue weighted by Gasteiger charge is -2.10. The van der Waals surface area contributed by atoms with E-state index in [1.165, 1.54) is 44.2 Å². The van der Waals surface area contributed by atoms with E-state index in [2.05, 4.69) is 13.8 Å². The van der Waals surface area contributed by atoms with Crippen molar-refractivity contribution in [2.45, 2.75) is 78.1 Å². The molecule has 0 saturated carbocycles. The molecule has 2 rings (SSSR count). The Morgan fingerprint density at radius 1 is 0.719 bits per heavy atom. The van der Waals surface area contributed by atoms with Crippen LogP contribution in [0.5, 0.6) is 17.2 Å². The van der Waals surface area contributed by atoms with Gasteiger partial charge in [0, 0.05) is 6.07 Å². The summed E-state index contributed by atoms with van der Waals surface area (Å²) in [7, 11) is 0. The SMILES string of the molecule is CCCCCCCCCOc1ccc(OC(=O)c2ccc(OCCCCC)cc2)cc1F. The minimum Gasteiger partial charge on any atom is -0.494 e. The summed E-state index contributed by atoms with van der Waals surface area (Å²) in [6.07, 6.45) is 11.5. The first-order chi connectivity index (χ1) is 15.6. The van der Waals surface area contributed by atoms with Gasteiger partial charge in [-0.1, -0.05) is 65.2 Å². The van der Waals surface area contributed by atoms with Gasteiger partial charge >= 0.3 is 5.97 Å². The number of carbonyl (C=O) groups is 1. The van der Waals surface area contributed by atoms with Crippen LogP contribution in [0.3, 0.4) is 0 Å². The maximum atomic E-state index is 14.3.